The third kappa shape index (κ3) is 7.34. The molecule has 0 atom stereocenters. The highest BCUT2D eigenvalue weighted by Crippen LogP contribution is 2.31. The molecule has 2 aromatic rings. The van der Waals surface area contributed by atoms with E-state index in [1.807, 2.05) is 39.0 Å². The SMILES string of the molecule is CC(C)(C)OC(=O)NCCCCCCNC(=O)c1cccc2sc(N3CCOCC3)nc12. The maximum atomic E-state index is 12.7. The Balaban J connectivity index is 1.38. The van der Waals surface area contributed by atoms with Gasteiger partial charge in [-0.25, -0.2) is 9.78 Å². The number of carbonyl (C=O) groups excluding carboxylic acids is 2. The summed E-state index contributed by atoms with van der Waals surface area (Å²) in [6, 6.07) is 5.76. The number of thiazole rings is 1. The second kappa shape index (κ2) is 11.5. The number of morpholine rings is 1. The molecule has 1 fully saturated rings. The van der Waals surface area contributed by atoms with Gasteiger partial charge in [-0.3, -0.25) is 4.79 Å². The van der Waals surface area contributed by atoms with Crippen LogP contribution in [0.3, 0.4) is 0 Å². The zero-order chi connectivity index (χ0) is 23.0. The molecule has 9 heteroatoms. The van der Waals surface area contributed by atoms with E-state index in [2.05, 4.69) is 15.5 Å². The van der Waals surface area contributed by atoms with E-state index in [0.717, 1.165) is 54.1 Å². The summed E-state index contributed by atoms with van der Waals surface area (Å²) in [6.45, 7) is 9.83. The summed E-state index contributed by atoms with van der Waals surface area (Å²) in [5.41, 5.74) is 0.916. The summed E-state index contributed by atoms with van der Waals surface area (Å²) in [4.78, 5) is 31.3. The molecule has 1 saturated heterocycles. The van der Waals surface area contributed by atoms with E-state index >= 15 is 0 Å². The van der Waals surface area contributed by atoms with Crippen LogP contribution in [-0.2, 0) is 9.47 Å². The van der Waals surface area contributed by atoms with Crippen molar-refractivity contribution in [2.24, 2.45) is 0 Å². The van der Waals surface area contributed by atoms with Gasteiger partial charge >= 0.3 is 6.09 Å². The molecule has 3 rings (SSSR count). The molecular weight excluding hydrogens is 428 g/mol. The van der Waals surface area contributed by atoms with Crippen molar-refractivity contribution < 1.29 is 19.1 Å². The van der Waals surface area contributed by atoms with Crippen LogP contribution < -0.4 is 15.5 Å². The fourth-order valence-corrected chi connectivity index (χ4v) is 4.46. The predicted octanol–water partition coefficient (Wildman–Crippen LogP) is 3.95. The van der Waals surface area contributed by atoms with E-state index < -0.39 is 5.60 Å². The molecule has 1 aliphatic heterocycles. The fourth-order valence-electron chi connectivity index (χ4n) is 3.42. The molecule has 0 unspecified atom stereocenters. The number of aromatic nitrogens is 1. The number of anilines is 1. The highest BCUT2D eigenvalue weighted by atomic mass is 32.1. The summed E-state index contributed by atoms with van der Waals surface area (Å²) in [6.07, 6.45) is 3.37. The molecule has 2 heterocycles. The van der Waals surface area contributed by atoms with E-state index in [9.17, 15) is 9.59 Å². The van der Waals surface area contributed by atoms with Crippen molar-refractivity contribution >= 4 is 38.7 Å². The normalized spacial score (nSPS) is 14.4. The lowest BCUT2D eigenvalue weighted by molar-refractivity contribution is 0.0526. The molecule has 32 heavy (non-hydrogen) atoms. The molecule has 0 radical (unpaired) electrons. The Morgan fingerprint density at radius 3 is 2.47 bits per heavy atom. The molecule has 0 spiro atoms. The number of nitrogens with one attached hydrogen (secondary N) is 2. The summed E-state index contributed by atoms with van der Waals surface area (Å²) in [5, 5.41) is 6.73. The number of amides is 2. The topological polar surface area (TPSA) is 92.8 Å². The van der Waals surface area contributed by atoms with E-state index in [1.165, 1.54) is 0 Å². The van der Waals surface area contributed by atoms with Crippen LogP contribution in [0, 0.1) is 0 Å². The van der Waals surface area contributed by atoms with Crippen molar-refractivity contribution in [3.8, 4) is 0 Å². The number of carbonyl (C=O) groups is 2. The maximum absolute atomic E-state index is 12.7. The molecule has 1 aromatic carbocycles. The van der Waals surface area contributed by atoms with Crippen LogP contribution in [0.2, 0.25) is 0 Å². The molecule has 1 aliphatic rings. The predicted molar refractivity (Wildman–Crippen MR) is 128 cm³/mol. The van der Waals surface area contributed by atoms with Crippen molar-refractivity contribution in [1.82, 2.24) is 15.6 Å². The Morgan fingerprint density at radius 1 is 1.09 bits per heavy atom. The number of para-hydroxylation sites is 1. The number of benzene rings is 1. The van der Waals surface area contributed by atoms with Gasteiger partial charge in [-0.2, -0.15) is 0 Å². The summed E-state index contributed by atoms with van der Waals surface area (Å²) < 4.78 is 11.6. The van der Waals surface area contributed by atoms with Crippen molar-refractivity contribution in [2.75, 3.05) is 44.3 Å². The van der Waals surface area contributed by atoms with Crippen LogP contribution in [0.25, 0.3) is 10.2 Å². The molecule has 0 bridgehead atoms. The monoisotopic (exact) mass is 462 g/mol. The van der Waals surface area contributed by atoms with E-state index in [1.54, 1.807) is 11.3 Å². The highest BCUT2D eigenvalue weighted by Gasteiger charge is 2.19. The van der Waals surface area contributed by atoms with Gasteiger partial charge in [0.1, 0.15) is 5.60 Å². The highest BCUT2D eigenvalue weighted by molar-refractivity contribution is 7.22. The Labute approximate surface area is 193 Å². The second-order valence-corrected chi connectivity index (χ2v) is 9.86. The van der Waals surface area contributed by atoms with Gasteiger partial charge in [0.2, 0.25) is 0 Å². The molecular formula is C23H34N4O4S. The minimum atomic E-state index is -0.477. The summed E-state index contributed by atoms with van der Waals surface area (Å²) in [7, 11) is 0. The average molecular weight is 463 g/mol. The molecule has 0 saturated carbocycles. The first kappa shape index (κ1) is 24.3. The van der Waals surface area contributed by atoms with Crippen LogP contribution >= 0.6 is 11.3 Å². The standard InChI is InChI=1S/C23H34N4O4S/c1-23(2,3)31-22(29)25-12-7-5-4-6-11-24-20(28)17-9-8-10-18-19(17)26-21(32-18)27-13-15-30-16-14-27/h8-10H,4-7,11-16H2,1-3H3,(H,24,28)(H,25,29). The third-order valence-electron chi connectivity index (χ3n) is 4.99. The first-order valence-electron chi connectivity index (χ1n) is 11.3. The fraction of sp³-hybridized carbons (Fsp3) is 0.609. The average Bonchev–Trinajstić information content (AvgIpc) is 3.19. The van der Waals surface area contributed by atoms with Crippen LogP contribution in [0.1, 0.15) is 56.8 Å². The number of hydrogen-bond donors (Lipinski definition) is 2. The Morgan fingerprint density at radius 2 is 1.78 bits per heavy atom. The number of ether oxygens (including phenoxy) is 2. The molecule has 1 aromatic heterocycles. The van der Waals surface area contributed by atoms with Crippen LogP contribution in [0.15, 0.2) is 18.2 Å². The number of rotatable bonds is 9. The Kier molecular flexibility index (Phi) is 8.69. The first-order chi connectivity index (χ1) is 15.3. The minimum Gasteiger partial charge on any atom is -0.444 e. The zero-order valence-electron chi connectivity index (χ0n) is 19.2. The number of nitrogens with zero attached hydrogens (tertiary/aromatic N) is 2. The largest absolute Gasteiger partial charge is 0.444 e. The zero-order valence-corrected chi connectivity index (χ0v) is 20.1. The lowest BCUT2D eigenvalue weighted by Gasteiger charge is -2.25. The Bertz CT molecular complexity index is 903. The van der Waals surface area contributed by atoms with E-state index in [-0.39, 0.29) is 12.0 Å². The maximum Gasteiger partial charge on any atom is 0.407 e. The molecule has 0 aliphatic carbocycles. The second-order valence-electron chi connectivity index (χ2n) is 8.85. The van der Waals surface area contributed by atoms with Gasteiger partial charge in [0, 0.05) is 26.2 Å². The van der Waals surface area contributed by atoms with Gasteiger partial charge < -0.3 is 25.0 Å². The Hall–Kier alpha value is -2.39. The van der Waals surface area contributed by atoms with Crippen molar-refractivity contribution in [2.45, 2.75) is 52.1 Å². The molecule has 2 N–H and O–H groups in total. The van der Waals surface area contributed by atoms with E-state index in [4.69, 9.17) is 14.5 Å². The van der Waals surface area contributed by atoms with Crippen LogP contribution in [-0.4, -0.2) is 62.0 Å². The van der Waals surface area contributed by atoms with E-state index in [0.29, 0.717) is 31.9 Å². The van der Waals surface area contributed by atoms with Crippen molar-refractivity contribution in [1.29, 1.82) is 0 Å². The van der Waals surface area contributed by atoms with Crippen LogP contribution in [0.5, 0.6) is 0 Å². The van der Waals surface area contributed by atoms with Crippen LogP contribution in [0.4, 0.5) is 9.93 Å². The van der Waals surface area contributed by atoms with Gasteiger partial charge in [-0.15, -0.1) is 0 Å². The van der Waals surface area contributed by atoms with Crippen molar-refractivity contribution in [3.63, 3.8) is 0 Å². The lowest BCUT2D eigenvalue weighted by atomic mass is 10.1. The first-order valence-corrected chi connectivity index (χ1v) is 12.1. The summed E-state index contributed by atoms with van der Waals surface area (Å²) in [5.74, 6) is -0.0824. The minimum absolute atomic E-state index is 0.0824. The number of unbranched alkanes of at least 4 members (excludes halogenated alkanes) is 3. The van der Waals surface area contributed by atoms with Gasteiger partial charge in [0.25, 0.3) is 5.91 Å². The quantitative estimate of drug-likeness (QED) is 0.548. The van der Waals surface area contributed by atoms with Gasteiger partial charge in [0.05, 0.1) is 29.0 Å². The lowest BCUT2D eigenvalue weighted by Crippen LogP contribution is -2.36. The van der Waals surface area contributed by atoms with Gasteiger partial charge in [0.15, 0.2) is 5.13 Å². The smallest absolute Gasteiger partial charge is 0.407 e. The van der Waals surface area contributed by atoms with Gasteiger partial charge in [-0.05, 0) is 45.7 Å². The number of hydrogen-bond acceptors (Lipinski definition) is 7. The summed E-state index contributed by atoms with van der Waals surface area (Å²) >= 11 is 1.62. The van der Waals surface area contributed by atoms with Gasteiger partial charge in [-0.1, -0.05) is 30.2 Å². The van der Waals surface area contributed by atoms with Crippen molar-refractivity contribution in [3.05, 3.63) is 23.8 Å². The third-order valence-corrected chi connectivity index (χ3v) is 6.07. The molecule has 176 valence electrons. The number of alkyl carbamates (subject to hydrolysis) is 1. The molecule has 2 amide bonds. The molecule has 8 nitrogen and oxygen atoms in total. The number of fused-ring (bicyclic) bond motifs is 1.